The topological polar surface area (TPSA) is 198 Å². The van der Waals surface area contributed by atoms with E-state index in [0.717, 1.165) is 13.8 Å². The Bertz CT molecular complexity index is 573. The molecule has 13 nitrogen and oxygen atoms in total. The summed E-state index contributed by atoms with van der Waals surface area (Å²) in [5, 5.41) is 12.6. The summed E-state index contributed by atoms with van der Waals surface area (Å²) in [6, 6.07) is -1.58. The Balaban J connectivity index is 3.27. The summed E-state index contributed by atoms with van der Waals surface area (Å²) in [6.45, 7) is 1.29. The molecule has 1 fully saturated rings. The van der Waals surface area contributed by atoms with E-state index < -0.39 is 57.0 Å². The molecule has 0 aliphatic carbocycles. The molecule has 0 spiro atoms. The minimum atomic E-state index is -5.08. The molecular weight excluding hydrogens is 353 g/mol. The van der Waals surface area contributed by atoms with Gasteiger partial charge in [0.2, 0.25) is 0 Å². The second kappa shape index (κ2) is 8.40. The number of azide groups is 1. The highest BCUT2D eigenvalue weighted by atomic mass is 31.2. The molecule has 0 unspecified atom stereocenters. The summed E-state index contributed by atoms with van der Waals surface area (Å²) in [7, 11) is -5.08. The molecule has 136 valence electrons. The molecule has 0 aromatic rings. The Kier molecular flexibility index (Phi) is 7.11. The van der Waals surface area contributed by atoms with E-state index in [-0.39, 0.29) is 0 Å². The number of carbonyl (C=O) groups is 2. The molecule has 1 rings (SSSR count). The van der Waals surface area contributed by atoms with Gasteiger partial charge in [0, 0.05) is 18.8 Å². The zero-order valence-electron chi connectivity index (χ0n) is 12.6. The Labute approximate surface area is 135 Å². The highest BCUT2D eigenvalue weighted by molar-refractivity contribution is 7.46. The first-order valence-corrected chi connectivity index (χ1v) is 8.01. The minimum Gasteiger partial charge on any atom is -0.458 e. The normalized spacial score (nSPS) is 30.1. The number of rotatable bonds is 6. The van der Waals surface area contributed by atoms with Gasteiger partial charge in [-0.05, 0) is 5.53 Å². The molecule has 3 N–H and O–H groups in total. The lowest BCUT2D eigenvalue weighted by atomic mass is 9.97. The highest BCUT2D eigenvalue weighted by Gasteiger charge is 2.51. The van der Waals surface area contributed by atoms with E-state index in [1.54, 1.807) is 0 Å². The molecule has 0 bridgehead atoms. The predicted octanol–water partition coefficient (Wildman–Crippen LogP) is -0.645. The largest absolute Gasteiger partial charge is 0.471 e. The third kappa shape index (κ3) is 5.73. The Hall–Kier alpha value is -1.72. The summed E-state index contributed by atoms with van der Waals surface area (Å²) < 4.78 is 30.4. The average molecular weight is 369 g/mol. The number of phosphoric acid groups is 1. The summed E-state index contributed by atoms with van der Waals surface area (Å²) >= 11 is 0. The molecule has 1 aliphatic heterocycles. The summed E-state index contributed by atoms with van der Waals surface area (Å²) in [4.78, 5) is 42.8. The van der Waals surface area contributed by atoms with Crippen molar-refractivity contribution in [3.63, 3.8) is 0 Å². The van der Waals surface area contributed by atoms with Crippen molar-refractivity contribution < 1.29 is 47.8 Å². The van der Waals surface area contributed by atoms with Gasteiger partial charge in [-0.1, -0.05) is 5.11 Å². The van der Waals surface area contributed by atoms with Gasteiger partial charge in [-0.2, -0.15) is 0 Å². The van der Waals surface area contributed by atoms with Crippen LogP contribution in [0.15, 0.2) is 5.11 Å². The third-order valence-corrected chi connectivity index (χ3v) is 3.31. The monoisotopic (exact) mass is 369 g/mol. The third-order valence-electron chi connectivity index (χ3n) is 2.82. The average Bonchev–Trinajstić information content (AvgIpc) is 2.42. The molecule has 1 saturated heterocycles. The van der Waals surface area contributed by atoms with E-state index in [9.17, 15) is 19.3 Å². The smallest absolute Gasteiger partial charge is 0.458 e. The van der Waals surface area contributed by atoms with Crippen LogP contribution in [-0.4, -0.2) is 64.1 Å². The first kappa shape index (κ1) is 20.3. The maximum atomic E-state index is 11.3. The van der Waals surface area contributed by atoms with E-state index in [1.165, 1.54) is 0 Å². The number of hydrogen-bond donors (Lipinski definition) is 3. The standard InChI is InChI=1S/C10H16N3O10P/c1-4(15)20-8-6(3-14)22-10(23-24(17,18)19)7(12-13-11)9(8)21-5(2)16/h6-10,14H,3H2,1-2H3,(H2,17,18,19)/t6-,7+,8-,9-,10-/m1/s1. The number of carbonyl (C=O) groups excluding carboxylic acids is 2. The Morgan fingerprint density at radius 2 is 1.79 bits per heavy atom. The number of esters is 2. The molecule has 5 atom stereocenters. The number of phosphoric ester groups is 1. The van der Waals surface area contributed by atoms with Gasteiger partial charge >= 0.3 is 19.8 Å². The molecule has 0 saturated carbocycles. The second-order valence-corrected chi connectivity index (χ2v) is 5.86. The molecule has 0 aromatic heterocycles. The van der Waals surface area contributed by atoms with Gasteiger partial charge in [-0.25, -0.2) is 4.57 Å². The van der Waals surface area contributed by atoms with E-state index in [4.69, 9.17) is 29.5 Å². The number of nitrogens with zero attached hydrogens (tertiary/aromatic N) is 3. The van der Waals surface area contributed by atoms with E-state index in [1.807, 2.05) is 0 Å². The zero-order chi connectivity index (χ0) is 18.5. The molecule has 0 radical (unpaired) electrons. The van der Waals surface area contributed by atoms with Gasteiger partial charge < -0.3 is 29.1 Å². The fourth-order valence-electron chi connectivity index (χ4n) is 2.10. The highest BCUT2D eigenvalue weighted by Crippen LogP contribution is 2.42. The van der Waals surface area contributed by atoms with Gasteiger partial charge in [0.05, 0.1) is 6.61 Å². The summed E-state index contributed by atoms with van der Waals surface area (Å²) in [5.41, 5.74) is 8.63. The first-order valence-electron chi connectivity index (χ1n) is 6.48. The van der Waals surface area contributed by atoms with Crippen molar-refractivity contribution >= 4 is 19.8 Å². The van der Waals surface area contributed by atoms with Crippen molar-refractivity contribution in [3.05, 3.63) is 10.4 Å². The lowest BCUT2D eigenvalue weighted by Gasteiger charge is -2.42. The van der Waals surface area contributed by atoms with Crippen molar-refractivity contribution in [1.82, 2.24) is 0 Å². The van der Waals surface area contributed by atoms with Crippen LogP contribution >= 0.6 is 7.82 Å². The van der Waals surface area contributed by atoms with Gasteiger partial charge in [-0.3, -0.25) is 14.1 Å². The van der Waals surface area contributed by atoms with Gasteiger partial charge in [-0.15, -0.1) is 0 Å². The fraction of sp³-hybridized carbons (Fsp3) is 0.800. The van der Waals surface area contributed by atoms with Crippen molar-refractivity contribution in [2.24, 2.45) is 5.11 Å². The molecule has 0 aromatic carbocycles. The van der Waals surface area contributed by atoms with Gasteiger partial charge in [0.15, 0.2) is 18.5 Å². The summed E-state index contributed by atoms with van der Waals surface area (Å²) in [6.07, 6.45) is -6.08. The van der Waals surface area contributed by atoms with Crippen LogP contribution < -0.4 is 0 Å². The molecule has 24 heavy (non-hydrogen) atoms. The molecule has 1 heterocycles. The van der Waals surface area contributed by atoms with Crippen LogP contribution in [0, 0.1) is 0 Å². The minimum absolute atomic E-state index is 0.764. The maximum Gasteiger partial charge on any atom is 0.471 e. The predicted molar refractivity (Wildman–Crippen MR) is 72.9 cm³/mol. The van der Waals surface area contributed by atoms with E-state index in [2.05, 4.69) is 14.5 Å². The first-order chi connectivity index (χ1) is 11.1. The van der Waals surface area contributed by atoms with Crippen LogP contribution in [0.3, 0.4) is 0 Å². The lowest BCUT2D eigenvalue weighted by molar-refractivity contribution is -0.254. The quantitative estimate of drug-likeness (QED) is 0.178. The van der Waals surface area contributed by atoms with Crippen LogP contribution in [0.1, 0.15) is 13.8 Å². The molecular formula is C10H16N3O10P. The number of ether oxygens (including phenoxy) is 3. The molecule has 14 heteroatoms. The maximum absolute atomic E-state index is 11.3. The van der Waals surface area contributed by atoms with Crippen LogP contribution in [0.25, 0.3) is 10.4 Å². The van der Waals surface area contributed by atoms with Crippen molar-refractivity contribution in [2.75, 3.05) is 6.61 Å². The second-order valence-electron chi connectivity index (χ2n) is 4.67. The van der Waals surface area contributed by atoms with Crippen molar-refractivity contribution in [2.45, 2.75) is 44.5 Å². The number of hydrogen-bond acceptors (Lipinski definition) is 9. The van der Waals surface area contributed by atoms with Crippen LogP contribution in [0.4, 0.5) is 0 Å². The van der Waals surface area contributed by atoms with Crippen LogP contribution in [-0.2, 0) is 32.9 Å². The van der Waals surface area contributed by atoms with Crippen LogP contribution in [0.2, 0.25) is 0 Å². The van der Waals surface area contributed by atoms with Crippen molar-refractivity contribution in [1.29, 1.82) is 0 Å². The van der Waals surface area contributed by atoms with Gasteiger partial charge in [0.1, 0.15) is 12.1 Å². The Morgan fingerprint density at radius 1 is 1.25 bits per heavy atom. The van der Waals surface area contributed by atoms with E-state index >= 15 is 0 Å². The Morgan fingerprint density at radius 3 is 2.21 bits per heavy atom. The van der Waals surface area contributed by atoms with Gasteiger partial charge in [0.25, 0.3) is 0 Å². The number of aliphatic hydroxyl groups is 1. The molecule has 0 amide bonds. The number of aliphatic hydroxyl groups excluding tert-OH is 1. The van der Waals surface area contributed by atoms with Crippen LogP contribution in [0.5, 0.6) is 0 Å². The summed E-state index contributed by atoms with van der Waals surface area (Å²) in [5.74, 6) is -1.67. The van der Waals surface area contributed by atoms with E-state index in [0.29, 0.717) is 0 Å². The zero-order valence-corrected chi connectivity index (χ0v) is 13.5. The fourth-order valence-corrected chi connectivity index (χ4v) is 2.55. The lowest BCUT2D eigenvalue weighted by Crippen LogP contribution is -2.60. The SMILES string of the molecule is CC(=O)O[C@@H]1[C@H](N=[N+]=[N-])[C@@H](OP(=O)(O)O)O[C@H](CO)[C@H]1OC(C)=O. The molecule has 1 aliphatic rings. The van der Waals surface area contributed by atoms with Crippen molar-refractivity contribution in [3.8, 4) is 0 Å².